The van der Waals surface area contributed by atoms with Crippen LogP contribution < -0.4 is 10.1 Å². The number of esters is 1. The zero-order valence-electron chi connectivity index (χ0n) is 19.7. The fraction of sp³-hybridized carbons (Fsp3) is 0.560. The number of nitrogens with one attached hydrogen (secondary N) is 1. The molecule has 1 aliphatic heterocycles. The lowest BCUT2D eigenvalue weighted by atomic mass is 9.69. The average molecular weight is 459 g/mol. The molecule has 3 rings (SSSR count). The van der Waals surface area contributed by atoms with Crippen LogP contribution in [0.5, 0.6) is 5.75 Å². The van der Waals surface area contributed by atoms with Crippen molar-refractivity contribution in [3.8, 4) is 5.75 Å². The number of nitrogens with zero attached hydrogens (tertiary/aromatic N) is 1. The van der Waals surface area contributed by atoms with Crippen molar-refractivity contribution in [2.45, 2.75) is 45.7 Å². The summed E-state index contributed by atoms with van der Waals surface area (Å²) in [5, 5.41) is 12.9. The Bertz CT molecular complexity index is 879. The lowest BCUT2D eigenvalue weighted by Gasteiger charge is -2.33. The van der Waals surface area contributed by atoms with Crippen molar-refractivity contribution >= 4 is 23.5 Å². The Labute approximate surface area is 194 Å². The van der Waals surface area contributed by atoms with E-state index in [0.29, 0.717) is 24.3 Å². The molecule has 6 atom stereocenters. The summed E-state index contributed by atoms with van der Waals surface area (Å²) in [5.74, 6) is -2.38. The summed E-state index contributed by atoms with van der Waals surface area (Å²) in [4.78, 5) is 41.6. The van der Waals surface area contributed by atoms with Gasteiger partial charge in [0.05, 0.1) is 38.2 Å². The van der Waals surface area contributed by atoms with E-state index >= 15 is 0 Å². The fourth-order valence-corrected chi connectivity index (χ4v) is 5.09. The molecule has 0 spiro atoms. The highest BCUT2D eigenvalue weighted by molar-refractivity contribution is 6.01. The van der Waals surface area contributed by atoms with E-state index in [1.54, 1.807) is 38.3 Å². The van der Waals surface area contributed by atoms with Crippen molar-refractivity contribution in [3.05, 3.63) is 36.4 Å². The van der Waals surface area contributed by atoms with Gasteiger partial charge in [0.25, 0.3) is 0 Å². The van der Waals surface area contributed by atoms with Crippen LogP contribution in [0.2, 0.25) is 0 Å². The summed E-state index contributed by atoms with van der Waals surface area (Å²) in [6, 6.07) is 5.57. The number of methoxy groups -OCH3 is 1. The molecule has 0 saturated carbocycles. The van der Waals surface area contributed by atoms with Gasteiger partial charge in [-0.25, -0.2) is 0 Å². The second-order valence-corrected chi connectivity index (χ2v) is 8.49. The van der Waals surface area contributed by atoms with Gasteiger partial charge in [-0.1, -0.05) is 26.0 Å². The number of amides is 2. The van der Waals surface area contributed by atoms with Crippen LogP contribution in [-0.4, -0.2) is 60.2 Å². The van der Waals surface area contributed by atoms with Crippen LogP contribution in [0.4, 0.5) is 5.69 Å². The van der Waals surface area contributed by atoms with Crippen LogP contribution in [0.25, 0.3) is 0 Å². The number of aliphatic hydroxyl groups excluding tert-OH is 1. The molecule has 0 aromatic heterocycles. The second-order valence-electron chi connectivity index (χ2n) is 8.49. The summed E-state index contributed by atoms with van der Waals surface area (Å²) in [6.45, 7) is 5.53. The summed E-state index contributed by atoms with van der Waals surface area (Å²) in [5.41, 5.74) is 0.571. The number of fused-ring (bicyclic) bond motifs is 1. The van der Waals surface area contributed by atoms with Crippen molar-refractivity contribution in [2.75, 3.05) is 25.6 Å². The largest absolute Gasteiger partial charge is 0.497 e. The van der Waals surface area contributed by atoms with Crippen molar-refractivity contribution in [1.29, 1.82) is 0 Å². The Hall–Kier alpha value is -2.87. The molecule has 1 heterocycles. The van der Waals surface area contributed by atoms with Crippen LogP contribution >= 0.6 is 0 Å². The van der Waals surface area contributed by atoms with Gasteiger partial charge in [-0.3, -0.25) is 14.4 Å². The number of rotatable bonds is 9. The smallest absolute Gasteiger partial charge is 0.310 e. The van der Waals surface area contributed by atoms with E-state index in [2.05, 4.69) is 5.32 Å². The molecule has 33 heavy (non-hydrogen) atoms. The van der Waals surface area contributed by atoms with E-state index in [4.69, 9.17) is 9.47 Å². The summed E-state index contributed by atoms with van der Waals surface area (Å²) >= 11 is 0. The molecule has 2 aliphatic rings. The fourth-order valence-electron chi connectivity index (χ4n) is 5.09. The number of hydrogen-bond donors (Lipinski definition) is 2. The number of ether oxygens (including phenoxy) is 2. The van der Waals surface area contributed by atoms with Crippen molar-refractivity contribution in [3.63, 3.8) is 0 Å². The second kappa shape index (κ2) is 10.8. The van der Waals surface area contributed by atoms with Crippen LogP contribution in [0, 0.1) is 23.7 Å². The van der Waals surface area contributed by atoms with E-state index in [1.807, 2.05) is 26.0 Å². The number of benzene rings is 1. The first-order valence-corrected chi connectivity index (χ1v) is 11.6. The Morgan fingerprint density at radius 2 is 1.85 bits per heavy atom. The van der Waals surface area contributed by atoms with Crippen molar-refractivity contribution in [1.82, 2.24) is 4.90 Å². The molecule has 1 saturated heterocycles. The highest BCUT2D eigenvalue weighted by Gasteiger charge is 2.58. The maximum atomic E-state index is 13.7. The van der Waals surface area contributed by atoms with Crippen LogP contribution in [0.15, 0.2) is 36.4 Å². The standard InChI is InChI=1S/C25H34N2O6/c1-5-15-8-13-19-21(20(15)25(31)33-7-3)24(30)27(17(6-2)14-28)22(19)23(29)26-16-9-11-18(32-4)12-10-16/h8-13,15,17,19-22,28H,5-7,14H2,1-4H3,(H,26,29)/t15-,17+,19+,20-,21-,22+/m1/s1. The first-order valence-electron chi connectivity index (χ1n) is 11.6. The van der Waals surface area contributed by atoms with Crippen LogP contribution in [0.1, 0.15) is 33.6 Å². The number of aliphatic hydroxyl groups is 1. The van der Waals surface area contributed by atoms with E-state index < -0.39 is 35.8 Å². The predicted molar refractivity (Wildman–Crippen MR) is 123 cm³/mol. The SMILES string of the molecule is CCOC(=O)[C@H]1[C@@H]2C(=O)N([C@@H](CC)CO)[C@H](C(=O)Nc3ccc(OC)cc3)[C@H]2C=C[C@H]1CC. The molecular formula is C25H34N2O6. The Morgan fingerprint density at radius 1 is 1.15 bits per heavy atom. The zero-order chi connectivity index (χ0) is 24.1. The van der Waals surface area contributed by atoms with Gasteiger partial charge in [-0.2, -0.15) is 0 Å². The number of likely N-dealkylation sites (tertiary alicyclic amines) is 1. The van der Waals surface area contributed by atoms with E-state index in [0.717, 1.165) is 0 Å². The first-order chi connectivity index (χ1) is 15.9. The molecule has 2 N–H and O–H groups in total. The Balaban J connectivity index is 1.99. The number of anilines is 1. The first kappa shape index (κ1) is 24.8. The highest BCUT2D eigenvalue weighted by atomic mass is 16.5. The molecule has 1 fully saturated rings. The van der Waals surface area contributed by atoms with E-state index in [9.17, 15) is 19.5 Å². The maximum Gasteiger partial charge on any atom is 0.310 e. The zero-order valence-corrected chi connectivity index (χ0v) is 19.7. The van der Waals surface area contributed by atoms with Gasteiger partial charge in [0.2, 0.25) is 11.8 Å². The number of carbonyl (C=O) groups is 3. The highest BCUT2D eigenvalue weighted by Crippen LogP contribution is 2.46. The van der Waals surface area contributed by atoms with Gasteiger partial charge in [0, 0.05) is 11.6 Å². The Morgan fingerprint density at radius 3 is 2.39 bits per heavy atom. The average Bonchev–Trinajstić information content (AvgIpc) is 3.12. The predicted octanol–water partition coefficient (Wildman–Crippen LogP) is 2.62. The van der Waals surface area contributed by atoms with Crippen molar-refractivity contribution < 1.29 is 29.0 Å². The lowest BCUT2D eigenvalue weighted by Crippen LogP contribution is -2.50. The number of hydrogen-bond acceptors (Lipinski definition) is 6. The van der Waals surface area contributed by atoms with Gasteiger partial charge >= 0.3 is 5.97 Å². The topological polar surface area (TPSA) is 105 Å². The summed E-state index contributed by atoms with van der Waals surface area (Å²) < 4.78 is 10.5. The van der Waals surface area contributed by atoms with Gasteiger partial charge in [-0.05, 0) is 49.9 Å². The third-order valence-electron chi connectivity index (χ3n) is 6.78. The molecule has 1 aromatic carbocycles. The maximum absolute atomic E-state index is 13.7. The number of allylic oxidation sites excluding steroid dienone is 1. The monoisotopic (exact) mass is 458 g/mol. The molecular weight excluding hydrogens is 424 g/mol. The van der Waals surface area contributed by atoms with E-state index in [1.165, 1.54) is 4.90 Å². The molecule has 0 radical (unpaired) electrons. The summed E-state index contributed by atoms with van der Waals surface area (Å²) in [7, 11) is 1.56. The van der Waals surface area contributed by atoms with Crippen molar-refractivity contribution in [2.24, 2.45) is 23.7 Å². The van der Waals surface area contributed by atoms with Gasteiger partial charge < -0.3 is 24.8 Å². The van der Waals surface area contributed by atoms with Gasteiger partial charge in [0.15, 0.2) is 0 Å². The minimum Gasteiger partial charge on any atom is -0.497 e. The molecule has 8 heteroatoms. The minimum absolute atomic E-state index is 0.145. The molecule has 0 unspecified atom stereocenters. The normalized spacial score (nSPS) is 27.1. The molecule has 180 valence electrons. The molecule has 1 aliphatic carbocycles. The quantitative estimate of drug-likeness (QED) is 0.435. The minimum atomic E-state index is -0.840. The van der Waals surface area contributed by atoms with Crippen LogP contribution in [-0.2, 0) is 19.1 Å². The molecule has 2 amide bonds. The third kappa shape index (κ3) is 4.76. The van der Waals surface area contributed by atoms with E-state index in [-0.39, 0.29) is 30.9 Å². The molecule has 1 aromatic rings. The van der Waals surface area contributed by atoms with Gasteiger partial charge in [-0.15, -0.1) is 0 Å². The van der Waals surface area contributed by atoms with Gasteiger partial charge in [0.1, 0.15) is 11.8 Å². The number of carbonyl (C=O) groups excluding carboxylic acids is 3. The molecule has 0 bridgehead atoms. The van der Waals surface area contributed by atoms with Crippen LogP contribution in [0.3, 0.4) is 0 Å². The summed E-state index contributed by atoms with van der Waals surface area (Å²) in [6.07, 6.45) is 5.00. The third-order valence-corrected chi connectivity index (χ3v) is 6.78. The molecule has 8 nitrogen and oxygen atoms in total. The Kier molecular flexibility index (Phi) is 8.13. The lowest BCUT2D eigenvalue weighted by molar-refractivity contribution is -0.156.